The second-order valence-electron chi connectivity index (χ2n) is 9.24. The number of hydrogen-bond acceptors (Lipinski definition) is 5. The molecule has 0 atom stereocenters. The molecule has 0 unspecified atom stereocenters. The molecule has 5 rings (SSSR count). The fraction of sp³-hybridized carbons (Fsp3) is 0.385. The lowest BCUT2D eigenvalue weighted by molar-refractivity contribution is -0.159. The van der Waals surface area contributed by atoms with Gasteiger partial charge in [-0.25, -0.2) is 18.8 Å². The molecule has 2 amide bonds. The number of carbonyl (C=O) groups excluding carboxylic acids is 2. The van der Waals surface area contributed by atoms with Crippen molar-refractivity contribution >= 4 is 34.8 Å². The van der Waals surface area contributed by atoms with Crippen molar-refractivity contribution in [2.24, 2.45) is 0 Å². The van der Waals surface area contributed by atoms with E-state index in [0.717, 1.165) is 61.9 Å². The van der Waals surface area contributed by atoms with Gasteiger partial charge in [-0.15, -0.1) is 0 Å². The average molecular weight is 513 g/mol. The Labute approximate surface area is 212 Å². The van der Waals surface area contributed by atoms with Gasteiger partial charge in [-0.3, -0.25) is 14.3 Å². The molecule has 0 bridgehead atoms. The number of aliphatic carboxylic acids is 2. The van der Waals surface area contributed by atoms with Crippen LogP contribution in [0.4, 0.5) is 9.18 Å². The first kappa shape index (κ1) is 26.1. The van der Waals surface area contributed by atoms with Crippen LogP contribution in [0.25, 0.3) is 10.9 Å². The number of carboxylic acid groups (broad SMARTS) is 2. The minimum Gasteiger partial charge on any atom is -0.473 e. The van der Waals surface area contributed by atoms with Gasteiger partial charge in [0, 0.05) is 35.5 Å². The van der Waals surface area contributed by atoms with E-state index in [-0.39, 0.29) is 17.8 Å². The van der Waals surface area contributed by atoms with E-state index in [1.807, 2.05) is 12.3 Å². The zero-order valence-corrected chi connectivity index (χ0v) is 20.2. The van der Waals surface area contributed by atoms with Crippen LogP contribution in [0, 0.1) is 5.82 Å². The summed E-state index contributed by atoms with van der Waals surface area (Å²) in [6.07, 6.45) is 7.95. The molecule has 3 N–H and O–H groups in total. The molecule has 10 nitrogen and oxygen atoms in total. The lowest BCUT2D eigenvalue weighted by atomic mass is 9.89. The van der Waals surface area contributed by atoms with E-state index in [0.29, 0.717) is 18.9 Å². The van der Waals surface area contributed by atoms with Crippen molar-refractivity contribution in [2.75, 3.05) is 26.2 Å². The third kappa shape index (κ3) is 6.05. The summed E-state index contributed by atoms with van der Waals surface area (Å²) in [7, 11) is 0. The normalized spacial score (nSPS) is 16.4. The van der Waals surface area contributed by atoms with Crippen LogP contribution in [0.15, 0.2) is 42.7 Å². The number of rotatable bonds is 6. The Hall–Kier alpha value is -3.99. The third-order valence-electron chi connectivity index (χ3n) is 6.90. The number of hydrogen-bond donors (Lipinski definition) is 3. The Morgan fingerprint density at radius 2 is 1.73 bits per heavy atom. The Balaban J connectivity index is 0.000000480. The Kier molecular flexibility index (Phi) is 8.02. The van der Waals surface area contributed by atoms with Gasteiger partial charge in [0.15, 0.2) is 0 Å². The van der Waals surface area contributed by atoms with E-state index in [1.165, 1.54) is 16.5 Å². The maximum absolute atomic E-state index is 13.7. The Bertz CT molecular complexity index is 1300. The zero-order valence-electron chi connectivity index (χ0n) is 20.2. The number of piperidine rings is 1. The summed E-state index contributed by atoms with van der Waals surface area (Å²) in [6.45, 7) is 3.48. The molecule has 37 heavy (non-hydrogen) atoms. The van der Waals surface area contributed by atoms with Crippen molar-refractivity contribution < 1.29 is 33.8 Å². The molecule has 1 fully saturated rings. The number of H-pyrrole nitrogens is 1. The topological polar surface area (TPSA) is 136 Å². The maximum Gasteiger partial charge on any atom is 0.414 e. The van der Waals surface area contributed by atoms with Gasteiger partial charge in [0.25, 0.3) is 0 Å². The number of aromatic nitrogens is 2. The fourth-order valence-corrected chi connectivity index (χ4v) is 4.98. The SMILES string of the molecule is O=C(O)C(=O)O.O=C1Cc2cccn2C(=O)N1CCCCN1CCC(c2c[nH]c3ccc(F)cc23)CC1. The second-order valence-corrected chi connectivity index (χ2v) is 9.24. The van der Waals surface area contributed by atoms with Crippen molar-refractivity contribution in [1.29, 1.82) is 0 Å². The molecule has 1 aromatic carbocycles. The molecule has 0 radical (unpaired) electrons. The van der Waals surface area contributed by atoms with Crippen LogP contribution in [-0.2, 0) is 20.8 Å². The quantitative estimate of drug-likeness (QED) is 0.341. The highest BCUT2D eigenvalue weighted by Gasteiger charge is 2.29. The number of imide groups is 1. The summed E-state index contributed by atoms with van der Waals surface area (Å²) < 4.78 is 15.2. The number of carboxylic acids is 2. The summed E-state index contributed by atoms with van der Waals surface area (Å²) in [4.78, 5) is 50.1. The van der Waals surface area contributed by atoms with Gasteiger partial charge in [0.05, 0.1) is 6.42 Å². The molecule has 2 aromatic heterocycles. The molecule has 196 valence electrons. The molecule has 2 aliphatic heterocycles. The van der Waals surface area contributed by atoms with Gasteiger partial charge in [-0.2, -0.15) is 0 Å². The van der Waals surface area contributed by atoms with Crippen molar-refractivity contribution in [3.05, 3.63) is 59.8 Å². The highest BCUT2D eigenvalue weighted by molar-refractivity contribution is 6.27. The van der Waals surface area contributed by atoms with Crippen molar-refractivity contribution in [3.63, 3.8) is 0 Å². The standard InChI is InChI=1S/C24H27FN4O2.C2H2O4/c25-18-5-6-22-20(14-18)21(16-26-22)17-7-12-27(13-8-17)9-1-2-10-29-23(30)15-19-4-3-11-28(19)24(29)31;3-1(4)2(5)6/h3-6,11,14,16-17,26H,1-2,7-10,12-13,15H2;(H,3,4)(H,5,6). The van der Waals surface area contributed by atoms with E-state index in [2.05, 4.69) is 9.88 Å². The minimum atomic E-state index is -1.82. The molecule has 4 heterocycles. The summed E-state index contributed by atoms with van der Waals surface area (Å²) in [5, 5.41) is 15.8. The van der Waals surface area contributed by atoms with Crippen LogP contribution in [0.1, 0.15) is 42.9 Å². The minimum absolute atomic E-state index is 0.104. The Morgan fingerprint density at radius 3 is 2.43 bits per heavy atom. The van der Waals surface area contributed by atoms with Crippen LogP contribution in [0.2, 0.25) is 0 Å². The zero-order chi connectivity index (χ0) is 26.5. The summed E-state index contributed by atoms with van der Waals surface area (Å²) >= 11 is 0. The second kappa shape index (κ2) is 11.4. The van der Waals surface area contributed by atoms with Crippen LogP contribution < -0.4 is 0 Å². The van der Waals surface area contributed by atoms with Crippen LogP contribution in [0.5, 0.6) is 0 Å². The number of aromatic amines is 1. The monoisotopic (exact) mass is 512 g/mol. The predicted octanol–water partition coefficient (Wildman–Crippen LogP) is 3.28. The van der Waals surface area contributed by atoms with Gasteiger partial charge in [-0.1, -0.05) is 0 Å². The average Bonchev–Trinajstić information content (AvgIpc) is 3.51. The molecule has 1 saturated heterocycles. The van der Waals surface area contributed by atoms with Crippen LogP contribution >= 0.6 is 0 Å². The number of benzene rings is 1. The molecular weight excluding hydrogens is 483 g/mol. The number of nitrogens with zero attached hydrogens (tertiary/aromatic N) is 3. The number of fused-ring (bicyclic) bond motifs is 2. The van der Waals surface area contributed by atoms with E-state index in [4.69, 9.17) is 19.8 Å². The molecular formula is C26H29FN4O6. The van der Waals surface area contributed by atoms with E-state index in [1.54, 1.807) is 29.0 Å². The van der Waals surface area contributed by atoms with Gasteiger partial charge in [0.2, 0.25) is 5.91 Å². The third-order valence-corrected chi connectivity index (χ3v) is 6.90. The maximum atomic E-state index is 13.7. The largest absolute Gasteiger partial charge is 0.473 e. The molecule has 11 heteroatoms. The van der Waals surface area contributed by atoms with Crippen molar-refractivity contribution in [1.82, 2.24) is 19.4 Å². The van der Waals surface area contributed by atoms with E-state index in [9.17, 15) is 14.0 Å². The molecule has 3 aromatic rings. The summed E-state index contributed by atoms with van der Waals surface area (Å²) in [5.41, 5.74) is 2.99. The number of likely N-dealkylation sites (tertiary alicyclic amines) is 1. The first-order valence-electron chi connectivity index (χ1n) is 12.2. The molecule has 0 aliphatic carbocycles. The van der Waals surface area contributed by atoms with Crippen molar-refractivity contribution in [3.8, 4) is 0 Å². The summed E-state index contributed by atoms with van der Waals surface area (Å²) in [6, 6.07) is 8.33. The Morgan fingerprint density at radius 1 is 1.03 bits per heavy atom. The van der Waals surface area contributed by atoms with Gasteiger partial charge >= 0.3 is 18.0 Å². The lowest BCUT2D eigenvalue weighted by Gasteiger charge is -2.32. The smallest absolute Gasteiger partial charge is 0.414 e. The molecule has 0 saturated carbocycles. The number of carbonyl (C=O) groups is 4. The van der Waals surface area contributed by atoms with Crippen LogP contribution in [0.3, 0.4) is 0 Å². The lowest BCUT2D eigenvalue weighted by Crippen LogP contribution is -2.45. The molecule has 2 aliphatic rings. The van der Waals surface area contributed by atoms with Crippen LogP contribution in [-0.4, -0.2) is 79.6 Å². The van der Waals surface area contributed by atoms with Gasteiger partial charge in [-0.05, 0) is 87.1 Å². The van der Waals surface area contributed by atoms with Gasteiger partial charge < -0.3 is 20.1 Å². The van der Waals surface area contributed by atoms with Gasteiger partial charge in [0.1, 0.15) is 5.82 Å². The highest BCUT2D eigenvalue weighted by Crippen LogP contribution is 2.33. The van der Waals surface area contributed by atoms with E-state index < -0.39 is 11.9 Å². The first-order valence-corrected chi connectivity index (χ1v) is 12.2. The first-order chi connectivity index (χ1) is 17.7. The van der Waals surface area contributed by atoms with Crippen molar-refractivity contribution in [2.45, 2.75) is 38.0 Å². The van der Waals surface area contributed by atoms with E-state index >= 15 is 0 Å². The number of amides is 2. The molecule has 0 spiro atoms. The number of unbranched alkanes of at least 4 members (excludes halogenated alkanes) is 1. The number of halogens is 1. The fourth-order valence-electron chi connectivity index (χ4n) is 4.98. The summed E-state index contributed by atoms with van der Waals surface area (Å²) in [5.74, 6) is -3.49. The highest BCUT2D eigenvalue weighted by atomic mass is 19.1. The number of nitrogens with one attached hydrogen (secondary N) is 1. The predicted molar refractivity (Wildman–Crippen MR) is 132 cm³/mol.